The molecule has 1 fully saturated rings. The molecule has 1 aliphatic heterocycles. The Morgan fingerprint density at radius 2 is 1.65 bits per heavy atom. The van der Waals surface area contributed by atoms with Crippen LogP contribution in [0.4, 0.5) is 0 Å². The summed E-state index contributed by atoms with van der Waals surface area (Å²) in [6, 6.07) is 0. The molecule has 0 radical (unpaired) electrons. The van der Waals surface area contributed by atoms with E-state index in [-0.39, 0.29) is 6.61 Å². The maximum atomic E-state index is 9.07. The highest BCUT2D eigenvalue weighted by atomic mass is 16.3. The van der Waals surface area contributed by atoms with Gasteiger partial charge in [-0.3, -0.25) is 4.90 Å². The molecule has 0 unspecified atom stereocenters. The third kappa shape index (κ3) is 6.99. The molecule has 1 rings (SSSR count). The molecule has 1 saturated heterocycles. The Bertz CT molecular complexity index is 182. The van der Waals surface area contributed by atoms with Crippen LogP contribution in [-0.2, 0) is 0 Å². The zero-order chi connectivity index (χ0) is 12.5. The smallest absolute Gasteiger partial charge is 0.0558 e. The molecule has 17 heavy (non-hydrogen) atoms. The van der Waals surface area contributed by atoms with E-state index < -0.39 is 0 Å². The number of rotatable bonds is 8. The average Bonchev–Trinajstić information content (AvgIpc) is 2.34. The fourth-order valence-corrected chi connectivity index (χ4v) is 2.28. The van der Waals surface area contributed by atoms with Crippen LogP contribution in [0.15, 0.2) is 0 Å². The van der Waals surface area contributed by atoms with E-state index >= 15 is 0 Å². The standard InChI is InChI=1S/C13H29N3O/c1-14(2)8-9-16(12-13-17)11-10-15-6-4-3-5-7-15/h17H,3-13H2,1-2H3. The van der Waals surface area contributed by atoms with Crippen LogP contribution in [0, 0.1) is 0 Å². The van der Waals surface area contributed by atoms with Crippen molar-refractivity contribution in [3.05, 3.63) is 0 Å². The second-order valence-electron chi connectivity index (χ2n) is 5.27. The van der Waals surface area contributed by atoms with Crippen molar-refractivity contribution in [2.24, 2.45) is 0 Å². The molecular formula is C13H29N3O. The summed E-state index contributed by atoms with van der Waals surface area (Å²) in [5.41, 5.74) is 0. The topological polar surface area (TPSA) is 30.0 Å². The van der Waals surface area contributed by atoms with Crippen LogP contribution in [0.1, 0.15) is 19.3 Å². The van der Waals surface area contributed by atoms with Gasteiger partial charge in [-0.05, 0) is 40.0 Å². The van der Waals surface area contributed by atoms with Crippen molar-refractivity contribution in [3.8, 4) is 0 Å². The number of aliphatic hydroxyl groups excluding tert-OH is 1. The summed E-state index contributed by atoms with van der Waals surface area (Å²) in [5, 5.41) is 9.07. The summed E-state index contributed by atoms with van der Waals surface area (Å²) < 4.78 is 0. The van der Waals surface area contributed by atoms with Gasteiger partial charge in [0.15, 0.2) is 0 Å². The molecule has 1 heterocycles. The first kappa shape index (κ1) is 14.9. The fraction of sp³-hybridized carbons (Fsp3) is 1.00. The first-order valence-corrected chi connectivity index (χ1v) is 6.92. The highest BCUT2D eigenvalue weighted by Crippen LogP contribution is 2.08. The number of hydrogen-bond donors (Lipinski definition) is 1. The lowest BCUT2D eigenvalue weighted by Crippen LogP contribution is -2.41. The molecular weight excluding hydrogens is 214 g/mol. The van der Waals surface area contributed by atoms with Gasteiger partial charge in [0, 0.05) is 32.7 Å². The minimum absolute atomic E-state index is 0.271. The molecule has 0 aromatic carbocycles. The van der Waals surface area contributed by atoms with Crippen molar-refractivity contribution in [1.82, 2.24) is 14.7 Å². The van der Waals surface area contributed by atoms with Crippen LogP contribution in [0.2, 0.25) is 0 Å². The molecule has 0 spiro atoms. The van der Waals surface area contributed by atoms with E-state index in [1.54, 1.807) is 0 Å². The number of likely N-dealkylation sites (tertiary alicyclic amines) is 1. The summed E-state index contributed by atoms with van der Waals surface area (Å²) in [7, 11) is 4.20. The Morgan fingerprint density at radius 3 is 2.24 bits per heavy atom. The quantitative estimate of drug-likeness (QED) is 0.665. The van der Waals surface area contributed by atoms with Crippen molar-refractivity contribution < 1.29 is 5.11 Å². The second kappa shape index (κ2) is 8.86. The summed E-state index contributed by atoms with van der Waals surface area (Å²) in [6.45, 7) is 7.99. The van der Waals surface area contributed by atoms with Gasteiger partial charge in [0.25, 0.3) is 0 Å². The minimum Gasteiger partial charge on any atom is -0.395 e. The summed E-state index contributed by atoms with van der Waals surface area (Å²) in [4.78, 5) is 7.13. The highest BCUT2D eigenvalue weighted by molar-refractivity contribution is 4.68. The lowest BCUT2D eigenvalue weighted by Gasteiger charge is -2.30. The summed E-state index contributed by atoms with van der Waals surface area (Å²) in [6.07, 6.45) is 4.12. The largest absolute Gasteiger partial charge is 0.395 e. The average molecular weight is 243 g/mol. The minimum atomic E-state index is 0.271. The molecule has 0 bridgehead atoms. The Labute approximate surface area is 106 Å². The molecule has 4 heteroatoms. The van der Waals surface area contributed by atoms with Crippen molar-refractivity contribution in [1.29, 1.82) is 0 Å². The predicted octanol–water partition coefficient (Wildman–Crippen LogP) is 0.328. The lowest BCUT2D eigenvalue weighted by atomic mass is 10.1. The van der Waals surface area contributed by atoms with Gasteiger partial charge in [-0.25, -0.2) is 0 Å². The van der Waals surface area contributed by atoms with Crippen LogP contribution >= 0.6 is 0 Å². The van der Waals surface area contributed by atoms with Gasteiger partial charge in [0.2, 0.25) is 0 Å². The van der Waals surface area contributed by atoms with Crippen LogP contribution in [-0.4, -0.2) is 86.3 Å². The Morgan fingerprint density at radius 1 is 0.941 bits per heavy atom. The van der Waals surface area contributed by atoms with Crippen molar-refractivity contribution in [3.63, 3.8) is 0 Å². The van der Waals surface area contributed by atoms with Gasteiger partial charge in [0.1, 0.15) is 0 Å². The molecule has 102 valence electrons. The Balaban J connectivity index is 2.17. The zero-order valence-corrected chi connectivity index (χ0v) is 11.6. The monoisotopic (exact) mass is 243 g/mol. The van der Waals surface area contributed by atoms with E-state index in [1.165, 1.54) is 32.4 Å². The summed E-state index contributed by atoms with van der Waals surface area (Å²) >= 11 is 0. The predicted molar refractivity (Wildman–Crippen MR) is 72.4 cm³/mol. The van der Waals surface area contributed by atoms with E-state index in [2.05, 4.69) is 28.8 Å². The van der Waals surface area contributed by atoms with Crippen LogP contribution in [0.5, 0.6) is 0 Å². The van der Waals surface area contributed by atoms with Gasteiger partial charge in [-0.2, -0.15) is 0 Å². The number of likely N-dealkylation sites (N-methyl/N-ethyl adjacent to an activating group) is 1. The lowest BCUT2D eigenvalue weighted by molar-refractivity contribution is 0.150. The van der Waals surface area contributed by atoms with Gasteiger partial charge in [-0.1, -0.05) is 6.42 Å². The Hall–Kier alpha value is -0.160. The second-order valence-corrected chi connectivity index (χ2v) is 5.27. The van der Waals surface area contributed by atoms with Gasteiger partial charge < -0.3 is 14.9 Å². The number of nitrogens with zero attached hydrogens (tertiary/aromatic N) is 3. The van der Waals surface area contributed by atoms with Crippen LogP contribution in [0.25, 0.3) is 0 Å². The van der Waals surface area contributed by atoms with Gasteiger partial charge in [0.05, 0.1) is 6.61 Å². The van der Waals surface area contributed by atoms with E-state index in [1.807, 2.05) is 0 Å². The zero-order valence-electron chi connectivity index (χ0n) is 11.6. The highest BCUT2D eigenvalue weighted by Gasteiger charge is 2.11. The van der Waals surface area contributed by atoms with E-state index in [0.717, 1.165) is 32.7 Å². The van der Waals surface area contributed by atoms with Crippen molar-refractivity contribution >= 4 is 0 Å². The molecule has 1 aliphatic rings. The van der Waals surface area contributed by atoms with Gasteiger partial charge >= 0.3 is 0 Å². The SMILES string of the molecule is CN(C)CCN(CCO)CCN1CCCCC1. The number of piperidine rings is 1. The van der Waals surface area contributed by atoms with E-state index in [9.17, 15) is 0 Å². The Kier molecular flexibility index (Phi) is 7.77. The normalized spacial score (nSPS) is 18.2. The van der Waals surface area contributed by atoms with Crippen LogP contribution in [0.3, 0.4) is 0 Å². The van der Waals surface area contributed by atoms with Crippen molar-refractivity contribution in [2.75, 3.05) is 66.5 Å². The molecule has 4 nitrogen and oxygen atoms in total. The molecule has 0 saturated carbocycles. The third-order valence-electron chi connectivity index (χ3n) is 3.46. The van der Waals surface area contributed by atoms with E-state index in [4.69, 9.17) is 5.11 Å². The number of aliphatic hydroxyl groups is 1. The molecule has 0 aliphatic carbocycles. The molecule has 0 aromatic rings. The first-order valence-electron chi connectivity index (χ1n) is 6.92. The van der Waals surface area contributed by atoms with Gasteiger partial charge in [-0.15, -0.1) is 0 Å². The fourth-order valence-electron chi connectivity index (χ4n) is 2.28. The number of hydrogen-bond acceptors (Lipinski definition) is 4. The first-order chi connectivity index (χ1) is 8.22. The molecule has 1 N–H and O–H groups in total. The third-order valence-corrected chi connectivity index (χ3v) is 3.46. The molecule has 0 amide bonds. The summed E-state index contributed by atoms with van der Waals surface area (Å²) in [5.74, 6) is 0. The maximum absolute atomic E-state index is 9.07. The van der Waals surface area contributed by atoms with Crippen molar-refractivity contribution in [2.45, 2.75) is 19.3 Å². The van der Waals surface area contributed by atoms with E-state index in [0.29, 0.717) is 0 Å². The maximum Gasteiger partial charge on any atom is 0.0558 e. The molecule has 0 aromatic heterocycles. The molecule has 0 atom stereocenters. The van der Waals surface area contributed by atoms with Crippen LogP contribution < -0.4 is 0 Å².